The molecule has 3 heterocycles. The van der Waals surface area contributed by atoms with Crippen molar-refractivity contribution in [1.82, 2.24) is 19.5 Å². The van der Waals surface area contributed by atoms with Crippen LogP contribution in [0.4, 0.5) is 5.82 Å². The third kappa shape index (κ3) is 6.53. The fourth-order valence-electron chi connectivity index (χ4n) is 2.90. The van der Waals surface area contributed by atoms with Gasteiger partial charge in [0, 0.05) is 6.54 Å². The van der Waals surface area contributed by atoms with Crippen LogP contribution in [-0.2, 0) is 31.6 Å². The molecule has 0 saturated carbocycles. The van der Waals surface area contributed by atoms with Crippen LogP contribution in [-0.4, -0.2) is 80.8 Å². The van der Waals surface area contributed by atoms with E-state index in [2.05, 4.69) is 40.0 Å². The minimum Gasteiger partial charge on any atom is -0.387 e. The van der Waals surface area contributed by atoms with E-state index >= 15 is 0 Å². The molecule has 0 aliphatic carbocycles. The van der Waals surface area contributed by atoms with Gasteiger partial charge in [0.1, 0.15) is 24.6 Å². The molecule has 34 heavy (non-hydrogen) atoms. The van der Waals surface area contributed by atoms with Crippen LogP contribution in [0.2, 0.25) is 0 Å². The van der Waals surface area contributed by atoms with Crippen molar-refractivity contribution in [3.63, 3.8) is 0 Å². The number of aliphatic hydroxyl groups excluding tert-OH is 2. The maximum Gasteiger partial charge on any atom is 0.490 e. The van der Waals surface area contributed by atoms with Gasteiger partial charge < -0.3 is 39.8 Å². The third-order valence-electron chi connectivity index (χ3n) is 4.20. The van der Waals surface area contributed by atoms with Crippen molar-refractivity contribution < 1.29 is 61.4 Å². The summed E-state index contributed by atoms with van der Waals surface area (Å²) in [6.07, 6.45) is -1.94. The highest BCUT2D eigenvalue weighted by Gasteiger charge is 2.47. The Labute approximate surface area is 190 Å². The first-order valence-corrected chi connectivity index (χ1v) is 13.6. The number of nitrogens with one attached hydrogen (secondary N) is 1. The fourth-order valence-corrected chi connectivity index (χ4v) is 5.93. The number of nitrogens with zero attached hydrogens (tertiary/aromatic N) is 4. The molecule has 6 atom stereocenters. The van der Waals surface area contributed by atoms with Gasteiger partial charge in [0.25, 0.3) is 0 Å². The lowest BCUT2D eigenvalue weighted by atomic mass is 10.1. The first-order valence-electron chi connectivity index (χ1n) is 9.05. The van der Waals surface area contributed by atoms with Crippen molar-refractivity contribution in [2.45, 2.75) is 24.5 Å². The lowest BCUT2D eigenvalue weighted by Gasteiger charge is -2.19. The number of fused-ring (bicyclic) bond motifs is 1. The lowest BCUT2D eigenvalue weighted by Crippen LogP contribution is -2.33. The van der Waals surface area contributed by atoms with Gasteiger partial charge in [-0.15, -0.1) is 6.58 Å². The Morgan fingerprint density at radius 3 is 2.44 bits per heavy atom. The second kappa shape index (κ2) is 10.2. The quantitative estimate of drug-likeness (QED) is 0.136. The van der Waals surface area contributed by atoms with E-state index in [0.717, 1.165) is 0 Å². The van der Waals surface area contributed by atoms with Crippen LogP contribution in [0.25, 0.3) is 11.2 Å². The number of hydrogen-bond acceptors (Lipinski definition) is 13. The average molecular weight is 547 g/mol. The zero-order valence-electron chi connectivity index (χ0n) is 16.8. The SMILES string of the molecule is C=CCNc1ncnc2c1ncn2[C@@H]1O[C@H](COP(=O)(O)OP(=O)(O)OP(=O)(O)O)[C@H](O)[C@@H]1O. The molecule has 2 unspecified atom stereocenters. The zero-order chi connectivity index (χ0) is 25.3. The van der Waals surface area contributed by atoms with E-state index in [-0.39, 0.29) is 5.65 Å². The number of ether oxygens (including phenoxy) is 1. The number of hydrogen-bond donors (Lipinski definition) is 7. The summed E-state index contributed by atoms with van der Waals surface area (Å²) in [5.41, 5.74) is 0.526. The molecule has 190 valence electrons. The Morgan fingerprint density at radius 2 is 1.79 bits per heavy atom. The number of phosphoric acid groups is 3. The topological polar surface area (TPSA) is 265 Å². The molecule has 21 heteroatoms. The van der Waals surface area contributed by atoms with E-state index < -0.39 is 54.6 Å². The van der Waals surface area contributed by atoms with E-state index in [1.165, 1.54) is 17.2 Å². The Hall–Kier alpha value is -1.62. The van der Waals surface area contributed by atoms with Gasteiger partial charge in [-0.05, 0) is 0 Å². The summed E-state index contributed by atoms with van der Waals surface area (Å²) in [7, 11) is -16.7. The summed E-state index contributed by atoms with van der Waals surface area (Å²) in [5.74, 6) is 0.362. The van der Waals surface area contributed by atoms with Crippen LogP contribution in [0.15, 0.2) is 25.3 Å². The number of anilines is 1. The predicted molar refractivity (Wildman–Crippen MR) is 110 cm³/mol. The Morgan fingerprint density at radius 1 is 1.09 bits per heavy atom. The Bertz CT molecular complexity index is 1190. The molecule has 0 bridgehead atoms. The molecule has 2 aromatic heterocycles. The molecule has 0 amide bonds. The van der Waals surface area contributed by atoms with Crippen molar-refractivity contribution in [2.24, 2.45) is 0 Å². The normalized spacial score (nSPS) is 26.8. The number of rotatable bonds is 11. The van der Waals surface area contributed by atoms with Crippen LogP contribution >= 0.6 is 23.5 Å². The van der Waals surface area contributed by atoms with Crippen LogP contribution in [0.3, 0.4) is 0 Å². The van der Waals surface area contributed by atoms with Crippen molar-refractivity contribution in [1.29, 1.82) is 0 Å². The minimum absolute atomic E-state index is 0.214. The van der Waals surface area contributed by atoms with E-state index in [0.29, 0.717) is 17.9 Å². The molecular weight excluding hydrogens is 527 g/mol. The summed E-state index contributed by atoms with van der Waals surface area (Å²) < 4.78 is 52.3. The van der Waals surface area contributed by atoms with Crippen LogP contribution < -0.4 is 5.32 Å². The van der Waals surface area contributed by atoms with Gasteiger partial charge in [-0.25, -0.2) is 28.6 Å². The molecule has 1 aliphatic heterocycles. The molecule has 0 spiro atoms. The highest BCUT2D eigenvalue weighted by atomic mass is 31.3. The molecule has 1 fully saturated rings. The van der Waals surface area contributed by atoms with Crippen LogP contribution in [0.5, 0.6) is 0 Å². The second-order valence-corrected chi connectivity index (χ2v) is 11.1. The smallest absolute Gasteiger partial charge is 0.387 e. The first-order chi connectivity index (χ1) is 15.7. The van der Waals surface area contributed by atoms with Crippen LogP contribution in [0, 0.1) is 0 Å². The maximum atomic E-state index is 11.9. The molecule has 2 aromatic rings. The largest absolute Gasteiger partial charge is 0.490 e. The monoisotopic (exact) mass is 547 g/mol. The Balaban J connectivity index is 1.71. The number of aliphatic hydroxyl groups is 2. The van der Waals surface area contributed by atoms with Gasteiger partial charge in [-0.3, -0.25) is 9.09 Å². The molecule has 1 saturated heterocycles. The second-order valence-electron chi connectivity index (χ2n) is 6.65. The van der Waals surface area contributed by atoms with Gasteiger partial charge in [0.15, 0.2) is 23.2 Å². The summed E-state index contributed by atoms with van der Waals surface area (Å²) in [6.45, 7) is 3.00. The summed E-state index contributed by atoms with van der Waals surface area (Å²) in [4.78, 5) is 48.1. The number of aromatic nitrogens is 4. The van der Waals surface area contributed by atoms with Crippen LogP contribution in [0.1, 0.15) is 6.23 Å². The predicted octanol–water partition coefficient (Wildman–Crippen LogP) is -0.613. The molecule has 7 N–H and O–H groups in total. The van der Waals surface area contributed by atoms with Crippen molar-refractivity contribution >= 4 is 40.4 Å². The summed E-state index contributed by atoms with van der Waals surface area (Å²) in [6, 6.07) is 0. The standard InChI is InChI=1S/C13H20N5O13P3/c1-2-3-14-11-8-12(16-5-15-11)18(6-17-8)13-10(20)9(19)7(29-13)4-28-33(24,25)31-34(26,27)30-32(21,22)23/h2,5-7,9-10,13,19-20H,1,3-4H2,(H,24,25)(H,26,27)(H,14,15,16)(H2,21,22,23)/t7-,9+,10+,13-/m1/s1. The first kappa shape index (κ1) is 27.0. The third-order valence-corrected chi connectivity index (χ3v) is 8.00. The Kier molecular flexibility index (Phi) is 8.06. The van der Waals surface area contributed by atoms with E-state index in [9.17, 15) is 28.8 Å². The van der Waals surface area contributed by atoms with Gasteiger partial charge >= 0.3 is 23.5 Å². The summed E-state index contributed by atoms with van der Waals surface area (Å²) >= 11 is 0. The number of phosphoric ester groups is 1. The van der Waals surface area contributed by atoms with E-state index in [1.807, 2.05) is 0 Å². The highest BCUT2D eigenvalue weighted by Crippen LogP contribution is 2.66. The minimum atomic E-state index is -5.71. The fraction of sp³-hybridized carbons (Fsp3) is 0.462. The average Bonchev–Trinajstić information content (AvgIpc) is 3.24. The highest BCUT2D eigenvalue weighted by molar-refractivity contribution is 7.66. The molecule has 0 radical (unpaired) electrons. The number of imidazole rings is 1. The molecule has 18 nitrogen and oxygen atoms in total. The molecule has 3 rings (SSSR count). The van der Waals surface area contributed by atoms with Gasteiger partial charge in [0.2, 0.25) is 0 Å². The van der Waals surface area contributed by atoms with E-state index in [4.69, 9.17) is 19.4 Å². The zero-order valence-corrected chi connectivity index (χ0v) is 19.5. The molecule has 0 aromatic carbocycles. The van der Waals surface area contributed by atoms with Gasteiger partial charge in [-0.2, -0.15) is 8.62 Å². The molecule has 1 aliphatic rings. The van der Waals surface area contributed by atoms with Crippen molar-refractivity contribution in [2.75, 3.05) is 18.5 Å². The van der Waals surface area contributed by atoms with E-state index in [1.54, 1.807) is 6.08 Å². The van der Waals surface area contributed by atoms with Gasteiger partial charge in [0.05, 0.1) is 12.9 Å². The van der Waals surface area contributed by atoms with Crippen molar-refractivity contribution in [3.05, 3.63) is 25.3 Å². The maximum absolute atomic E-state index is 11.9. The van der Waals surface area contributed by atoms with Gasteiger partial charge in [-0.1, -0.05) is 6.08 Å². The lowest BCUT2D eigenvalue weighted by molar-refractivity contribution is -0.0503. The van der Waals surface area contributed by atoms with Crippen molar-refractivity contribution in [3.8, 4) is 0 Å². The molecular formula is C13H20N5O13P3. The summed E-state index contributed by atoms with van der Waals surface area (Å²) in [5, 5.41) is 23.6.